The highest BCUT2D eigenvalue weighted by Crippen LogP contribution is 2.43. The molecule has 1 unspecified atom stereocenters. The summed E-state index contributed by atoms with van der Waals surface area (Å²) in [6.07, 6.45) is 0.213. The van der Waals surface area contributed by atoms with Crippen molar-refractivity contribution in [3.63, 3.8) is 0 Å². The van der Waals surface area contributed by atoms with Gasteiger partial charge in [-0.2, -0.15) is 4.72 Å². The van der Waals surface area contributed by atoms with Gasteiger partial charge in [0, 0.05) is 65.9 Å². The van der Waals surface area contributed by atoms with Gasteiger partial charge in [0.15, 0.2) is 21.4 Å². The van der Waals surface area contributed by atoms with Crippen molar-refractivity contribution in [2.45, 2.75) is 132 Å². The maximum Gasteiger partial charge on any atom is 0.256 e. The number of hydrogen-bond donors (Lipinski definition) is 6. The number of sulfone groups is 1. The van der Waals surface area contributed by atoms with Gasteiger partial charge in [-0.15, -0.1) is 11.3 Å². The number of rotatable bonds is 21. The number of likely N-dealkylation sites (N-methyl/N-ethyl adjacent to an activating group) is 1. The summed E-state index contributed by atoms with van der Waals surface area (Å²) in [6.45, 7) is 21.8. The van der Waals surface area contributed by atoms with Gasteiger partial charge in [0.25, 0.3) is 21.8 Å². The monoisotopic (exact) mass is 957 g/mol. The summed E-state index contributed by atoms with van der Waals surface area (Å²) in [5.41, 5.74) is 1.33. The number of nitrogens with one attached hydrogen (secondary N) is 6. The average molecular weight is 958 g/mol. The highest BCUT2D eigenvalue weighted by atomic mass is 32.3. The number of anilines is 2. The smallest absolute Gasteiger partial charge is 0.256 e. The van der Waals surface area contributed by atoms with Gasteiger partial charge in [-0.3, -0.25) is 24.0 Å². The standard InChI is InChI=1S/C45H63N7O10S3/c1-12-46-35-21-25(4)64(58,59)43-32(35)24-38(63-43)65(60,61)51-44(8,9)40(55)28(7)62-45(10,11)36(53)17-18-37(54)49-29-15-16-33-30(22-29)31(41(56)50-33)23-34-26(5)39(27(6)48-34)42(57)47-19-20-52(13-2)14-3/h15-16,22-25,28,35,46,48,51H,12-14,17-21H2,1-11H3,(H,47,57)(H,49,54)(H,50,56)/b31-23-/t25-,28?,35-/m0/s1. The van der Waals surface area contributed by atoms with Gasteiger partial charge in [-0.05, 0) is 117 Å². The molecule has 3 aromatic rings. The Morgan fingerprint density at radius 2 is 1.72 bits per heavy atom. The van der Waals surface area contributed by atoms with Crippen LogP contribution in [0.3, 0.4) is 0 Å². The first-order chi connectivity index (χ1) is 30.3. The Balaban J connectivity index is 1.19. The number of thiophene rings is 1. The van der Waals surface area contributed by atoms with Crippen LogP contribution in [0.4, 0.5) is 11.4 Å². The molecule has 3 atom stereocenters. The Kier molecular flexibility index (Phi) is 15.9. The number of carbonyl (C=O) groups is 5. The second kappa shape index (κ2) is 20.1. The molecule has 20 heteroatoms. The van der Waals surface area contributed by atoms with Gasteiger partial charge >= 0.3 is 0 Å². The molecule has 65 heavy (non-hydrogen) atoms. The molecule has 5 rings (SSSR count). The molecule has 3 amide bonds. The third kappa shape index (κ3) is 11.3. The van der Waals surface area contributed by atoms with E-state index in [-0.39, 0.29) is 45.5 Å². The molecule has 0 aliphatic carbocycles. The first-order valence-electron chi connectivity index (χ1n) is 21.8. The summed E-state index contributed by atoms with van der Waals surface area (Å²) < 4.78 is 61.6. The molecular formula is C45H63N7O10S3. The van der Waals surface area contributed by atoms with Crippen LogP contribution < -0.4 is 26.0 Å². The van der Waals surface area contributed by atoms with E-state index in [4.69, 9.17) is 4.74 Å². The summed E-state index contributed by atoms with van der Waals surface area (Å²) in [4.78, 5) is 72.0. The number of aromatic amines is 1. The number of nitrogens with zero attached hydrogens (tertiary/aromatic N) is 1. The van der Waals surface area contributed by atoms with Crippen LogP contribution >= 0.6 is 11.3 Å². The first kappa shape index (κ1) is 51.4. The minimum atomic E-state index is -4.39. The lowest BCUT2D eigenvalue weighted by atomic mass is 9.94. The number of ether oxygens (including phenoxy) is 1. The van der Waals surface area contributed by atoms with Crippen molar-refractivity contribution in [1.29, 1.82) is 0 Å². The summed E-state index contributed by atoms with van der Waals surface area (Å²) in [6, 6.07) is 5.92. The van der Waals surface area contributed by atoms with Crippen molar-refractivity contribution >= 4 is 83.5 Å². The molecule has 2 aliphatic rings. The van der Waals surface area contributed by atoms with E-state index in [2.05, 4.69) is 49.7 Å². The molecule has 1 aromatic carbocycles. The summed E-state index contributed by atoms with van der Waals surface area (Å²) in [5.74, 6) is -2.21. The quantitative estimate of drug-likeness (QED) is 0.0749. The normalized spacial score (nSPS) is 18.3. The fraction of sp³-hybridized carbons (Fsp3) is 0.533. The Morgan fingerprint density at radius 1 is 1.05 bits per heavy atom. The van der Waals surface area contributed by atoms with Crippen LogP contribution in [0, 0.1) is 13.8 Å². The SMILES string of the molecule is CCN[C@H]1C[C@H](C)S(=O)(=O)c2sc(S(=O)(=O)NC(C)(C)C(=O)C(C)OC(C)(C)C(=O)CCC(=O)Nc3ccc4c(c3)/C(=C/c3[nH]c(C)c(C(=O)NCCN(CC)CC)c3C)C(=O)N4)cc21. The number of Topliss-reactive ketones (excluding diaryl/α,β-unsaturated/α-hetero) is 2. The van der Waals surface area contributed by atoms with E-state index in [0.29, 0.717) is 75.0 Å². The van der Waals surface area contributed by atoms with E-state index < -0.39 is 59.8 Å². The first-order valence-corrected chi connectivity index (χ1v) is 25.7. The van der Waals surface area contributed by atoms with Crippen LogP contribution in [0.15, 0.2) is 32.7 Å². The highest BCUT2D eigenvalue weighted by Gasteiger charge is 2.43. The molecule has 0 radical (unpaired) electrons. The minimum Gasteiger partial charge on any atom is -0.358 e. The summed E-state index contributed by atoms with van der Waals surface area (Å²) >= 11 is 0.646. The zero-order valence-corrected chi connectivity index (χ0v) is 41.5. The number of aryl methyl sites for hydroxylation is 1. The Labute approximate surface area is 386 Å². The molecule has 0 spiro atoms. The second-order valence-corrected chi connectivity index (χ2v) is 23.1. The average Bonchev–Trinajstić information content (AvgIpc) is 3.90. The fourth-order valence-electron chi connectivity index (χ4n) is 8.20. The summed E-state index contributed by atoms with van der Waals surface area (Å²) in [7, 11) is -8.14. The van der Waals surface area contributed by atoms with Crippen LogP contribution in [0.1, 0.15) is 126 Å². The Morgan fingerprint density at radius 3 is 2.37 bits per heavy atom. The Hall–Kier alpha value is -4.57. The molecule has 356 valence electrons. The zero-order valence-electron chi connectivity index (χ0n) is 39.0. The van der Waals surface area contributed by atoms with E-state index in [1.807, 2.05) is 13.8 Å². The van der Waals surface area contributed by atoms with Crippen molar-refractivity contribution in [3.05, 3.63) is 57.9 Å². The number of hydrogen-bond acceptors (Lipinski definition) is 13. The molecule has 2 aliphatic heterocycles. The van der Waals surface area contributed by atoms with Crippen LogP contribution in [-0.2, 0) is 43.8 Å². The maximum absolute atomic E-state index is 13.7. The van der Waals surface area contributed by atoms with E-state index in [1.165, 1.54) is 40.7 Å². The van der Waals surface area contributed by atoms with Crippen molar-refractivity contribution in [2.75, 3.05) is 43.4 Å². The molecule has 2 aromatic heterocycles. The fourth-order valence-corrected chi connectivity index (χ4v) is 13.6. The zero-order chi connectivity index (χ0) is 48.4. The van der Waals surface area contributed by atoms with Crippen LogP contribution in [0.5, 0.6) is 0 Å². The topological polar surface area (TPSA) is 242 Å². The third-order valence-corrected chi connectivity index (χ3v) is 18.0. The summed E-state index contributed by atoms with van der Waals surface area (Å²) in [5, 5.41) is 11.1. The van der Waals surface area contributed by atoms with Gasteiger partial charge in [0.05, 0.1) is 21.9 Å². The molecule has 0 bridgehead atoms. The number of carbonyl (C=O) groups excluding carboxylic acids is 5. The number of sulfonamides is 1. The van der Waals surface area contributed by atoms with E-state index in [1.54, 1.807) is 38.1 Å². The lowest BCUT2D eigenvalue weighted by Gasteiger charge is -2.32. The lowest BCUT2D eigenvalue weighted by Crippen LogP contribution is -2.54. The second-order valence-electron chi connectivity index (χ2n) is 17.6. The van der Waals surface area contributed by atoms with E-state index in [0.717, 1.165) is 19.6 Å². The van der Waals surface area contributed by atoms with Crippen LogP contribution in [-0.4, -0.2) is 111 Å². The highest BCUT2D eigenvalue weighted by molar-refractivity contribution is 7.95. The predicted octanol–water partition coefficient (Wildman–Crippen LogP) is 5.27. The van der Waals surface area contributed by atoms with Crippen molar-refractivity contribution in [1.82, 2.24) is 25.2 Å². The molecular weight excluding hydrogens is 895 g/mol. The van der Waals surface area contributed by atoms with Gasteiger partial charge in [-0.25, -0.2) is 16.8 Å². The number of ketones is 2. The number of benzene rings is 1. The molecule has 6 N–H and O–H groups in total. The Bertz CT molecular complexity index is 2610. The van der Waals surface area contributed by atoms with Gasteiger partial charge in [0.2, 0.25) is 5.91 Å². The van der Waals surface area contributed by atoms with Crippen molar-refractivity contribution in [3.8, 4) is 0 Å². The van der Waals surface area contributed by atoms with E-state index >= 15 is 0 Å². The van der Waals surface area contributed by atoms with Crippen molar-refractivity contribution in [2.24, 2.45) is 0 Å². The van der Waals surface area contributed by atoms with Gasteiger partial charge < -0.3 is 35.9 Å². The third-order valence-electron chi connectivity index (χ3n) is 11.9. The largest absolute Gasteiger partial charge is 0.358 e. The maximum atomic E-state index is 13.7. The molecule has 17 nitrogen and oxygen atoms in total. The van der Waals surface area contributed by atoms with Crippen LogP contribution in [0.2, 0.25) is 0 Å². The predicted molar refractivity (Wildman–Crippen MR) is 252 cm³/mol. The molecule has 0 saturated carbocycles. The van der Waals surface area contributed by atoms with Gasteiger partial charge in [0.1, 0.15) is 20.1 Å². The van der Waals surface area contributed by atoms with Crippen LogP contribution in [0.25, 0.3) is 11.6 Å². The van der Waals surface area contributed by atoms with Gasteiger partial charge in [-0.1, -0.05) is 20.8 Å². The van der Waals surface area contributed by atoms with E-state index in [9.17, 15) is 40.8 Å². The molecule has 0 fully saturated rings. The molecule has 0 saturated heterocycles. The number of H-pyrrole nitrogens is 1. The number of aromatic nitrogens is 1. The van der Waals surface area contributed by atoms with Crippen molar-refractivity contribution < 1.29 is 45.5 Å². The molecule has 4 heterocycles. The minimum absolute atomic E-state index is 0.0159. The lowest BCUT2D eigenvalue weighted by molar-refractivity contribution is -0.156. The number of amides is 3. The number of fused-ring (bicyclic) bond motifs is 2.